The van der Waals surface area contributed by atoms with E-state index in [1.54, 1.807) is 0 Å². The second-order valence-electron chi connectivity index (χ2n) is 7.56. The number of hydrogen-bond acceptors (Lipinski definition) is 5. The quantitative estimate of drug-likeness (QED) is 0.847. The highest BCUT2D eigenvalue weighted by Gasteiger charge is 2.33. The Morgan fingerprint density at radius 1 is 1.12 bits per heavy atom. The molecule has 24 heavy (non-hydrogen) atoms. The van der Waals surface area contributed by atoms with Crippen LogP contribution < -0.4 is 0 Å². The minimum atomic E-state index is 0.286. The maximum atomic E-state index is 12.5. The summed E-state index contributed by atoms with van der Waals surface area (Å²) in [6.07, 6.45) is 8.40. The second-order valence-corrected chi connectivity index (χ2v) is 7.56. The van der Waals surface area contributed by atoms with Crippen LogP contribution in [-0.4, -0.2) is 47.3 Å². The number of rotatable bonds is 4. The van der Waals surface area contributed by atoms with E-state index in [0.29, 0.717) is 17.7 Å². The molecule has 1 aromatic rings. The summed E-state index contributed by atoms with van der Waals surface area (Å²) >= 11 is 0. The first-order valence-electron chi connectivity index (χ1n) is 9.48. The highest BCUT2D eigenvalue weighted by molar-refractivity contribution is 5.79. The predicted molar refractivity (Wildman–Crippen MR) is 87.4 cm³/mol. The van der Waals surface area contributed by atoms with Gasteiger partial charge in [-0.25, -0.2) is 0 Å². The fraction of sp³-hybridized carbons (Fsp3) is 0.833. The van der Waals surface area contributed by atoms with Gasteiger partial charge in [-0.1, -0.05) is 18.0 Å². The van der Waals surface area contributed by atoms with Crippen LogP contribution in [0.1, 0.15) is 62.6 Å². The van der Waals surface area contributed by atoms with Crippen molar-refractivity contribution in [2.75, 3.05) is 26.3 Å². The maximum Gasteiger partial charge on any atom is 0.229 e. The molecule has 6 heteroatoms. The third-order valence-corrected chi connectivity index (χ3v) is 5.83. The molecule has 0 aromatic carbocycles. The summed E-state index contributed by atoms with van der Waals surface area (Å²) in [4.78, 5) is 19.2. The predicted octanol–water partition coefficient (Wildman–Crippen LogP) is 2.54. The van der Waals surface area contributed by atoms with Crippen LogP contribution in [-0.2, 0) is 16.0 Å². The first-order chi connectivity index (χ1) is 11.8. The summed E-state index contributed by atoms with van der Waals surface area (Å²) in [6.45, 7) is 3.31. The molecule has 0 N–H and O–H groups in total. The van der Waals surface area contributed by atoms with Gasteiger partial charge in [0.1, 0.15) is 0 Å². The molecule has 3 fully saturated rings. The standard InChI is InChI=1S/C18H27N3O3/c22-18(15-3-1-2-4-15)21-8-5-13(12-21)11-16-19-17(24-20-16)14-6-9-23-10-7-14/h13-15H,1-12H2. The molecular formula is C18H27N3O3. The molecule has 1 aromatic heterocycles. The van der Waals surface area contributed by atoms with Crippen molar-refractivity contribution in [2.45, 2.75) is 57.3 Å². The summed E-state index contributed by atoms with van der Waals surface area (Å²) in [5.41, 5.74) is 0. The van der Waals surface area contributed by atoms with Crippen molar-refractivity contribution < 1.29 is 14.1 Å². The summed E-state index contributed by atoms with van der Waals surface area (Å²) in [7, 11) is 0. The zero-order valence-corrected chi connectivity index (χ0v) is 14.3. The van der Waals surface area contributed by atoms with E-state index < -0.39 is 0 Å². The molecule has 1 atom stereocenters. The number of carbonyl (C=O) groups excluding carboxylic acids is 1. The van der Waals surface area contributed by atoms with Gasteiger partial charge in [-0.3, -0.25) is 4.79 Å². The van der Waals surface area contributed by atoms with Gasteiger partial charge in [-0.15, -0.1) is 0 Å². The zero-order valence-electron chi connectivity index (χ0n) is 14.3. The van der Waals surface area contributed by atoms with Gasteiger partial charge in [-0.2, -0.15) is 4.98 Å². The second kappa shape index (κ2) is 7.21. The Labute approximate surface area is 142 Å². The van der Waals surface area contributed by atoms with Crippen LogP contribution in [0, 0.1) is 11.8 Å². The molecule has 0 bridgehead atoms. The Morgan fingerprint density at radius 2 is 1.92 bits per heavy atom. The van der Waals surface area contributed by atoms with E-state index in [-0.39, 0.29) is 5.92 Å². The normalized spacial score (nSPS) is 26.3. The monoisotopic (exact) mass is 333 g/mol. The minimum absolute atomic E-state index is 0.286. The molecule has 3 aliphatic rings. The van der Waals surface area contributed by atoms with Gasteiger partial charge >= 0.3 is 0 Å². The molecular weight excluding hydrogens is 306 g/mol. The third-order valence-electron chi connectivity index (χ3n) is 5.83. The Kier molecular flexibility index (Phi) is 4.83. The SMILES string of the molecule is O=C(C1CCCC1)N1CCC(Cc2noc(C3CCOCC3)n2)C1. The minimum Gasteiger partial charge on any atom is -0.381 e. The summed E-state index contributed by atoms with van der Waals surface area (Å²) in [6, 6.07) is 0. The van der Waals surface area contributed by atoms with Crippen molar-refractivity contribution in [1.29, 1.82) is 0 Å². The lowest BCUT2D eigenvalue weighted by molar-refractivity contribution is -0.134. The molecule has 1 amide bonds. The molecule has 6 nitrogen and oxygen atoms in total. The van der Waals surface area contributed by atoms with Crippen LogP contribution in [0.2, 0.25) is 0 Å². The van der Waals surface area contributed by atoms with Crippen molar-refractivity contribution in [2.24, 2.45) is 11.8 Å². The van der Waals surface area contributed by atoms with E-state index in [2.05, 4.69) is 15.0 Å². The lowest BCUT2D eigenvalue weighted by Gasteiger charge is -2.20. The third kappa shape index (κ3) is 3.48. The fourth-order valence-electron chi connectivity index (χ4n) is 4.35. The van der Waals surface area contributed by atoms with E-state index >= 15 is 0 Å². The van der Waals surface area contributed by atoms with Gasteiger partial charge in [0.05, 0.1) is 0 Å². The zero-order chi connectivity index (χ0) is 16.4. The lowest BCUT2D eigenvalue weighted by Crippen LogP contribution is -2.33. The van der Waals surface area contributed by atoms with Crippen LogP contribution in [0.15, 0.2) is 4.52 Å². The molecule has 1 saturated carbocycles. The molecule has 3 heterocycles. The van der Waals surface area contributed by atoms with Crippen molar-refractivity contribution >= 4 is 5.91 Å². The number of carbonyl (C=O) groups is 1. The van der Waals surface area contributed by atoms with Gasteiger partial charge in [0, 0.05) is 44.6 Å². The van der Waals surface area contributed by atoms with Crippen LogP contribution >= 0.6 is 0 Å². The number of hydrogen-bond donors (Lipinski definition) is 0. The van der Waals surface area contributed by atoms with Gasteiger partial charge in [0.25, 0.3) is 0 Å². The summed E-state index contributed by atoms with van der Waals surface area (Å²) in [5, 5.41) is 4.17. The average Bonchev–Trinajstić information content (AvgIpc) is 3.37. The molecule has 0 radical (unpaired) electrons. The summed E-state index contributed by atoms with van der Waals surface area (Å²) < 4.78 is 10.9. The maximum absolute atomic E-state index is 12.5. The van der Waals surface area contributed by atoms with Crippen LogP contribution in [0.5, 0.6) is 0 Å². The van der Waals surface area contributed by atoms with Crippen LogP contribution in [0.3, 0.4) is 0 Å². The molecule has 0 spiro atoms. The molecule has 2 saturated heterocycles. The highest BCUT2D eigenvalue weighted by Crippen LogP contribution is 2.30. The van der Waals surface area contributed by atoms with E-state index in [1.165, 1.54) is 12.8 Å². The van der Waals surface area contributed by atoms with E-state index in [0.717, 1.165) is 76.5 Å². The molecule has 1 unspecified atom stereocenters. The van der Waals surface area contributed by atoms with Crippen molar-refractivity contribution in [3.63, 3.8) is 0 Å². The van der Waals surface area contributed by atoms with Gasteiger partial charge < -0.3 is 14.2 Å². The number of ether oxygens (including phenoxy) is 1. The van der Waals surface area contributed by atoms with Gasteiger partial charge in [0.15, 0.2) is 5.82 Å². The Hall–Kier alpha value is -1.43. The first-order valence-corrected chi connectivity index (χ1v) is 9.48. The summed E-state index contributed by atoms with van der Waals surface area (Å²) in [5.74, 6) is 3.06. The molecule has 132 valence electrons. The first kappa shape index (κ1) is 16.1. The topological polar surface area (TPSA) is 68.5 Å². The number of nitrogens with zero attached hydrogens (tertiary/aromatic N) is 3. The Balaban J connectivity index is 1.30. The van der Waals surface area contributed by atoms with E-state index in [1.807, 2.05) is 0 Å². The Morgan fingerprint density at radius 3 is 2.71 bits per heavy atom. The van der Waals surface area contributed by atoms with Crippen molar-refractivity contribution in [3.8, 4) is 0 Å². The van der Waals surface area contributed by atoms with E-state index in [4.69, 9.17) is 9.26 Å². The van der Waals surface area contributed by atoms with Crippen LogP contribution in [0.4, 0.5) is 0 Å². The molecule has 4 rings (SSSR count). The van der Waals surface area contributed by atoms with Gasteiger partial charge in [-0.05, 0) is 38.0 Å². The largest absolute Gasteiger partial charge is 0.381 e. The molecule has 1 aliphatic carbocycles. The lowest BCUT2D eigenvalue weighted by atomic mass is 10.0. The molecule has 2 aliphatic heterocycles. The van der Waals surface area contributed by atoms with E-state index in [9.17, 15) is 4.79 Å². The Bertz CT molecular complexity index is 562. The highest BCUT2D eigenvalue weighted by atomic mass is 16.5. The number of amides is 1. The smallest absolute Gasteiger partial charge is 0.229 e. The number of aromatic nitrogens is 2. The number of likely N-dealkylation sites (tertiary alicyclic amines) is 1. The average molecular weight is 333 g/mol. The van der Waals surface area contributed by atoms with Crippen molar-refractivity contribution in [3.05, 3.63) is 11.7 Å². The van der Waals surface area contributed by atoms with Crippen molar-refractivity contribution in [1.82, 2.24) is 15.0 Å². The van der Waals surface area contributed by atoms with Crippen LogP contribution in [0.25, 0.3) is 0 Å². The van der Waals surface area contributed by atoms with Gasteiger partial charge in [0.2, 0.25) is 11.8 Å². The fourth-order valence-corrected chi connectivity index (χ4v) is 4.35.